The summed E-state index contributed by atoms with van der Waals surface area (Å²) in [6, 6.07) is 7.99. The van der Waals surface area contributed by atoms with Crippen LogP contribution in [-0.2, 0) is 20.9 Å². The van der Waals surface area contributed by atoms with Gasteiger partial charge in [0.05, 0.1) is 6.42 Å². The molecular weight excluding hydrogens is 300 g/mol. The lowest BCUT2D eigenvalue weighted by molar-refractivity contribution is -0.137. The molecule has 23 heavy (non-hydrogen) atoms. The standard InChI is InChI=1S/C16H22N2O5/c1-16(2,3)23-14(17)12(9-13(19)20)18-15(21)22-10-11-7-5-4-6-8-11/h4-8,12,17H,9-10H2,1-3H3,(H,18,21)(H,19,20). The first-order valence-corrected chi connectivity index (χ1v) is 7.14. The maximum absolute atomic E-state index is 11.8. The molecule has 0 spiro atoms. The number of carboxylic acids is 1. The smallest absolute Gasteiger partial charge is 0.408 e. The number of ether oxygens (including phenoxy) is 2. The van der Waals surface area contributed by atoms with Crippen LogP contribution in [0.4, 0.5) is 4.79 Å². The number of carbonyl (C=O) groups is 2. The zero-order valence-corrected chi connectivity index (χ0v) is 13.5. The largest absolute Gasteiger partial charge is 0.481 e. The van der Waals surface area contributed by atoms with Crippen molar-refractivity contribution in [2.45, 2.75) is 45.4 Å². The fourth-order valence-corrected chi connectivity index (χ4v) is 1.69. The van der Waals surface area contributed by atoms with Crippen LogP contribution >= 0.6 is 0 Å². The van der Waals surface area contributed by atoms with Crippen molar-refractivity contribution < 1.29 is 24.2 Å². The van der Waals surface area contributed by atoms with Crippen LogP contribution < -0.4 is 5.32 Å². The lowest BCUT2D eigenvalue weighted by atomic mass is 10.1. The van der Waals surface area contributed by atoms with Gasteiger partial charge in [-0.2, -0.15) is 0 Å². The summed E-state index contributed by atoms with van der Waals surface area (Å²) in [6.07, 6.45) is -1.27. The van der Waals surface area contributed by atoms with Gasteiger partial charge in [0.2, 0.25) is 5.90 Å². The zero-order chi connectivity index (χ0) is 17.5. The molecule has 7 heteroatoms. The topological polar surface area (TPSA) is 109 Å². The lowest BCUT2D eigenvalue weighted by Crippen LogP contribution is -2.45. The van der Waals surface area contributed by atoms with Crippen LogP contribution in [0, 0.1) is 5.41 Å². The van der Waals surface area contributed by atoms with E-state index in [1.807, 2.05) is 18.2 Å². The van der Waals surface area contributed by atoms with E-state index in [0.29, 0.717) is 0 Å². The predicted octanol–water partition coefficient (Wildman–Crippen LogP) is 2.55. The highest BCUT2D eigenvalue weighted by Gasteiger charge is 2.26. The van der Waals surface area contributed by atoms with Crippen molar-refractivity contribution in [1.29, 1.82) is 5.41 Å². The van der Waals surface area contributed by atoms with Crippen molar-refractivity contribution in [3.8, 4) is 0 Å². The van der Waals surface area contributed by atoms with Gasteiger partial charge in [-0.3, -0.25) is 10.2 Å². The normalized spacial score (nSPS) is 12.1. The van der Waals surface area contributed by atoms with Crippen LogP contribution in [0.5, 0.6) is 0 Å². The first-order chi connectivity index (χ1) is 10.7. The fourth-order valence-electron chi connectivity index (χ4n) is 1.69. The van der Waals surface area contributed by atoms with Gasteiger partial charge in [0.1, 0.15) is 18.2 Å². The quantitative estimate of drug-likeness (QED) is 0.551. The third-order valence-electron chi connectivity index (χ3n) is 2.62. The number of rotatable bonds is 6. The van der Waals surface area contributed by atoms with E-state index < -0.39 is 30.1 Å². The average Bonchev–Trinajstić information content (AvgIpc) is 2.43. The number of carboxylic acid groups (broad SMARTS) is 1. The Hall–Kier alpha value is -2.57. The molecule has 1 atom stereocenters. The van der Waals surface area contributed by atoms with Gasteiger partial charge in [-0.25, -0.2) is 4.79 Å². The van der Waals surface area contributed by atoms with Gasteiger partial charge in [-0.05, 0) is 26.3 Å². The van der Waals surface area contributed by atoms with E-state index in [9.17, 15) is 9.59 Å². The highest BCUT2D eigenvalue weighted by atomic mass is 16.5. The lowest BCUT2D eigenvalue weighted by Gasteiger charge is -2.25. The van der Waals surface area contributed by atoms with E-state index in [2.05, 4.69) is 5.32 Å². The molecule has 126 valence electrons. The molecule has 3 N–H and O–H groups in total. The van der Waals surface area contributed by atoms with Crippen molar-refractivity contribution in [3.05, 3.63) is 35.9 Å². The van der Waals surface area contributed by atoms with Crippen LogP contribution in [0.15, 0.2) is 30.3 Å². The summed E-state index contributed by atoms with van der Waals surface area (Å²) >= 11 is 0. The summed E-state index contributed by atoms with van der Waals surface area (Å²) < 4.78 is 10.3. The number of alkyl carbamates (subject to hydrolysis) is 1. The predicted molar refractivity (Wildman–Crippen MR) is 84.4 cm³/mol. The van der Waals surface area contributed by atoms with Crippen LogP contribution in [-0.4, -0.2) is 34.7 Å². The molecule has 0 fully saturated rings. The zero-order valence-electron chi connectivity index (χ0n) is 13.5. The van der Waals surface area contributed by atoms with Gasteiger partial charge < -0.3 is 19.9 Å². The van der Waals surface area contributed by atoms with Crippen molar-refractivity contribution in [2.75, 3.05) is 0 Å². The summed E-state index contributed by atoms with van der Waals surface area (Å²) in [5.41, 5.74) is 0.141. The molecular formula is C16H22N2O5. The molecule has 0 aromatic heterocycles. The van der Waals surface area contributed by atoms with Gasteiger partial charge in [-0.1, -0.05) is 30.3 Å². The van der Waals surface area contributed by atoms with Crippen molar-refractivity contribution in [1.82, 2.24) is 5.32 Å². The summed E-state index contributed by atoms with van der Waals surface area (Å²) in [5.74, 6) is -1.47. The summed E-state index contributed by atoms with van der Waals surface area (Å²) in [7, 11) is 0. The number of benzene rings is 1. The van der Waals surface area contributed by atoms with Gasteiger partial charge in [-0.15, -0.1) is 0 Å². The number of amides is 1. The third-order valence-corrected chi connectivity index (χ3v) is 2.62. The van der Waals surface area contributed by atoms with E-state index in [1.54, 1.807) is 32.9 Å². The Kier molecular flexibility index (Phi) is 6.56. The van der Waals surface area contributed by atoms with Crippen LogP contribution in [0.3, 0.4) is 0 Å². The van der Waals surface area contributed by atoms with E-state index in [4.69, 9.17) is 20.0 Å². The maximum atomic E-state index is 11.8. The summed E-state index contributed by atoms with van der Waals surface area (Å²) in [4.78, 5) is 22.7. The van der Waals surface area contributed by atoms with Crippen LogP contribution in [0.1, 0.15) is 32.8 Å². The number of aliphatic carboxylic acids is 1. The van der Waals surface area contributed by atoms with E-state index >= 15 is 0 Å². The highest BCUT2D eigenvalue weighted by molar-refractivity contribution is 5.87. The SMILES string of the molecule is CC(C)(C)OC(=N)C(CC(=O)O)NC(=O)OCc1ccccc1. The Balaban J connectivity index is 2.60. The summed E-state index contributed by atoms with van der Waals surface area (Å²) in [6.45, 7) is 5.24. The maximum Gasteiger partial charge on any atom is 0.408 e. The molecule has 1 aromatic rings. The first-order valence-electron chi connectivity index (χ1n) is 7.14. The highest BCUT2D eigenvalue weighted by Crippen LogP contribution is 2.10. The number of carbonyl (C=O) groups excluding carboxylic acids is 1. The minimum atomic E-state index is -1.15. The second-order valence-electron chi connectivity index (χ2n) is 5.94. The van der Waals surface area contributed by atoms with Gasteiger partial charge in [0.15, 0.2) is 0 Å². The number of nitrogens with one attached hydrogen (secondary N) is 2. The minimum Gasteiger partial charge on any atom is -0.481 e. The fraction of sp³-hybridized carbons (Fsp3) is 0.438. The molecule has 0 heterocycles. The number of hydrogen-bond donors (Lipinski definition) is 3. The second-order valence-corrected chi connectivity index (χ2v) is 5.94. The van der Waals surface area contributed by atoms with Crippen molar-refractivity contribution >= 4 is 18.0 Å². The van der Waals surface area contributed by atoms with E-state index in [-0.39, 0.29) is 12.5 Å². The molecule has 0 saturated carbocycles. The van der Waals surface area contributed by atoms with Crippen LogP contribution in [0.2, 0.25) is 0 Å². The van der Waals surface area contributed by atoms with E-state index in [0.717, 1.165) is 5.56 Å². The molecule has 1 unspecified atom stereocenters. The Morgan fingerprint density at radius 1 is 1.26 bits per heavy atom. The monoisotopic (exact) mass is 322 g/mol. The van der Waals surface area contributed by atoms with Crippen molar-refractivity contribution in [3.63, 3.8) is 0 Å². The Morgan fingerprint density at radius 3 is 2.39 bits per heavy atom. The second kappa shape index (κ2) is 8.17. The molecule has 1 rings (SSSR count). The number of hydrogen-bond acceptors (Lipinski definition) is 5. The van der Waals surface area contributed by atoms with Crippen LogP contribution in [0.25, 0.3) is 0 Å². The molecule has 0 aliphatic rings. The average molecular weight is 322 g/mol. The molecule has 0 radical (unpaired) electrons. The molecule has 0 aliphatic carbocycles. The summed E-state index contributed by atoms with van der Waals surface area (Å²) in [5, 5.41) is 19.1. The van der Waals surface area contributed by atoms with E-state index in [1.165, 1.54) is 0 Å². The molecule has 1 aromatic carbocycles. The minimum absolute atomic E-state index is 0.0555. The molecule has 0 saturated heterocycles. The van der Waals surface area contributed by atoms with Gasteiger partial charge in [0, 0.05) is 0 Å². The Bertz CT molecular complexity index is 551. The molecule has 0 aliphatic heterocycles. The molecule has 1 amide bonds. The Morgan fingerprint density at radius 2 is 1.87 bits per heavy atom. The molecule has 7 nitrogen and oxygen atoms in total. The van der Waals surface area contributed by atoms with Crippen molar-refractivity contribution in [2.24, 2.45) is 0 Å². The first kappa shape index (κ1) is 18.5. The van der Waals surface area contributed by atoms with Gasteiger partial charge >= 0.3 is 12.1 Å². The van der Waals surface area contributed by atoms with Gasteiger partial charge in [0.25, 0.3) is 0 Å². The Labute approximate surface area is 135 Å². The third kappa shape index (κ3) is 7.85. The molecule has 0 bridgehead atoms.